The highest BCUT2D eigenvalue weighted by molar-refractivity contribution is 5.69. The first kappa shape index (κ1) is 9.56. The van der Waals surface area contributed by atoms with Crippen LogP contribution in [0.3, 0.4) is 0 Å². The maximum atomic E-state index is 11.0. The summed E-state index contributed by atoms with van der Waals surface area (Å²) in [5.74, 6) is 1.33. The van der Waals surface area contributed by atoms with Gasteiger partial charge in [0.2, 0.25) is 0 Å². The molecule has 0 aromatic heterocycles. The monoisotopic (exact) mass is 170 g/mol. The Kier molecular flexibility index (Phi) is 3.57. The Morgan fingerprint density at radius 3 is 2.67 bits per heavy atom. The van der Waals surface area contributed by atoms with Crippen LogP contribution in [0.2, 0.25) is 0 Å². The molecule has 2 heteroatoms. The van der Waals surface area contributed by atoms with E-state index >= 15 is 0 Å². The molecule has 0 radical (unpaired) electrons. The van der Waals surface area contributed by atoms with Crippen LogP contribution >= 0.6 is 0 Å². The zero-order valence-corrected chi connectivity index (χ0v) is 8.01. The average Bonchev–Trinajstić information content (AvgIpc) is 2.51. The Morgan fingerprint density at radius 2 is 2.08 bits per heavy atom. The van der Waals surface area contributed by atoms with E-state index in [0.717, 1.165) is 5.92 Å². The lowest BCUT2D eigenvalue weighted by Gasteiger charge is -2.15. The van der Waals surface area contributed by atoms with Crippen LogP contribution in [0, 0.1) is 11.8 Å². The van der Waals surface area contributed by atoms with Gasteiger partial charge in [-0.05, 0) is 18.3 Å². The lowest BCUT2D eigenvalue weighted by molar-refractivity contribution is -0.142. The summed E-state index contributed by atoms with van der Waals surface area (Å²) in [6.45, 7) is 2.21. The van der Waals surface area contributed by atoms with Gasteiger partial charge in [-0.1, -0.05) is 26.2 Å². The van der Waals surface area contributed by atoms with E-state index in [1.54, 1.807) is 0 Å². The second-order valence-corrected chi connectivity index (χ2v) is 3.64. The Labute approximate surface area is 74.3 Å². The fourth-order valence-electron chi connectivity index (χ4n) is 2.22. The van der Waals surface area contributed by atoms with Gasteiger partial charge in [0.05, 0.1) is 7.11 Å². The molecule has 0 saturated heterocycles. The van der Waals surface area contributed by atoms with E-state index in [2.05, 4.69) is 11.7 Å². The van der Waals surface area contributed by atoms with Crippen LogP contribution < -0.4 is 0 Å². The normalized spacial score (nSPS) is 28.8. The van der Waals surface area contributed by atoms with Crippen LogP contribution in [-0.2, 0) is 9.53 Å². The Hall–Kier alpha value is -0.530. The van der Waals surface area contributed by atoms with Crippen molar-refractivity contribution in [2.45, 2.75) is 39.0 Å². The van der Waals surface area contributed by atoms with Crippen molar-refractivity contribution in [1.29, 1.82) is 0 Å². The smallest absolute Gasteiger partial charge is 0.305 e. The molecule has 1 saturated carbocycles. The third-order valence-corrected chi connectivity index (χ3v) is 3.00. The van der Waals surface area contributed by atoms with Crippen LogP contribution in [0.5, 0.6) is 0 Å². The first-order chi connectivity index (χ1) is 5.77. The molecule has 0 amide bonds. The molecular weight excluding hydrogens is 152 g/mol. The lowest BCUT2D eigenvalue weighted by Crippen LogP contribution is -2.13. The van der Waals surface area contributed by atoms with Crippen molar-refractivity contribution in [2.24, 2.45) is 11.8 Å². The summed E-state index contributed by atoms with van der Waals surface area (Å²) >= 11 is 0. The number of methoxy groups -OCH3 is 1. The van der Waals surface area contributed by atoms with E-state index in [1.165, 1.54) is 32.8 Å². The molecule has 1 aliphatic rings. The predicted octanol–water partition coefficient (Wildman–Crippen LogP) is 2.38. The van der Waals surface area contributed by atoms with Gasteiger partial charge in [-0.25, -0.2) is 0 Å². The van der Waals surface area contributed by atoms with E-state index in [1.807, 2.05) is 0 Å². The zero-order chi connectivity index (χ0) is 8.97. The minimum atomic E-state index is -0.0413. The summed E-state index contributed by atoms with van der Waals surface area (Å²) in [6.07, 6.45) is 5.66. The fraction of sp³-hybridized carbons (Fsp3) is 0.900. The Balaban J connectivity index is 2.35. The topological polar surface area (TPSA) is 26.3 Å². The van der Waals surface area contributed by atoms with Crippen molar-refractivity contribution < 1.29 is 9.53 Å². The van der Waals surface area contributed by atoms with Crippen LogP contribution in [0.1, 0.15) is 39.0 Å². The highest BCUT2D eigenvalue weighted by Gasteiger charge is 2.27. The van der Waals surface area contributed by atoms with Crippen molar-refractivity contribution in [1.82, 2.24) is 0 Å². The van der Waals surface area contributed by atoms with Gasteiger partial charge in [0, 0.05) is 6.42 Å². The summed E-state index contributed by atoms with van der Waals surface area (Å²) in [5, 5.41) is 0. The van der Waals surface area contributed by atoms with Crippen molar-refractivity contribution in [3.8, 4) is 0 Å². The molecule has 2 atom stereocenters. The van der Waals surface area contributed by atoms with Crippen molar-refractivity contribution >= 4 is 5.97 Å². The van der Waals surface area contributed by atoms with Gasteiger partial charge in [0.1, 0.15) is 0 Å². The molecule has 12 heavy (non-hydrogen) atoms. The Morgan fingerprint density at radius 1 is 1.42 bits per heavy atom. The van der Waals surface area contributed by atoms with Gasteiger partial charge in [-0.15, -0.1) is 0 Å². The molecule has 0 spiro atoms. The van der Waals surface area contributed by atoms with Gasteiger partial charge < -0.3 is 4.74 Å². The van der Waals surface area contributed by atoms with Crippen LogP contribution in [0.4, 0.5) is 0 Å². The van der Waals surface area contributed by atoms with E-state index in [-0.39, 0.29) is 5.97 Å². The van der Waals surface area contributed by atoms with Gasteiger partial charge in [0.15, 0.2) is 0 Å². The van der Waals surface area contributed by atoms with Crippen LogP contribution in [-0.4, -0.2) is 13.1 Å². The quantitative estimate of drug-likeness (QED) is 0.608. The summed E-state index contributed by atoms with van der Waals surface area (Å²) in [7, 11) is 1.47. The average molecular weight is 170 g/mol. The fourth-order valence-corrected chi connectivity index (χ4v) is 2.22. The molecule has 0 aromatic rings. The van der Waals surface area contributed by atoms with Crippen molar-refractivity contribution in [2.75, 3.05) is 7.11 Å². The number of rotatable bonds is 3. The summed E-state index contributed by atoms with van der Waals surface area (Å²) < 4.78 is 4.67. The number of hydrogen-bond acceptors (Lipinski definition) is 2. The van der Waals surface area contributed by atoms with E-state index in [0.29, 0.717) is 12.3 Å². The zero-order valence-electron chi connectivity index (χ0n) is 8.01. The number of esters is 1. The predicted molar refractivity (Wildman–Crippen MR) is 47.8 cm³/mol. The molecule has 0 bridgehead atoms. The first-order valence-corrected chi connectivity index (χ1v) is 4.84. The molecule has 0 N–H and O–H groups in total. The molecule has 70 valence electrons. The van der Waals surface area contributed by atoms with E-state index in [9.17, 15) is 4.79 Å². The van der Waals surface area contributed by atoms with E-state index in [4.69, 9.17) is 0 Å². The molecule has 0 aromatic carbocycles. The first-order valence-electron chi connectivity index (χ1n) is 4.84. The largest absolute Gasteiger partial charge is 0.469 e. The van der Waals surface area contributed by atoms with Crippen molar-refractivity contribution in [3.63, 3.8) is 0 Å². The minimum Gasteiger partial charge on any atom is -0.469 e. The number of ether oxygens (including phenoxy) is 1. The molecule has 0 aliphatic heterocycles. The molecule has 0 heterocycles. The highest BCUT2D eigenvalue weighted by Crippen LogP contribution is 2.36. The SMILES string of the molecule is CC[C@H]1CCC[C@@H]1CC(=O)OC. The van der Waals surface area contributed by atoms with Gasteiger partial charge >= 0.3 is 5.97 Å². The van der Waals surface area contributed by atoms with Crippen LogP contribution in [0.15, 0.2) is 0 Å². The number of carbonyl (C=O) groups excluding carboxylic acids is 1. The van der Waals surface area contributed by atoms with Gasteiger partial charge in [-0.3, -0.25) is 4.79 Å². The number of hydrogen-bond donors (Lipinski definition) is 0. The van der Waals surface area contributed by atoms with Gasteiger partial charge in [-0.2, -0.15) is 0 Å². The third kappa shape index (κ3) is 2.23. The maximum Gasteiger partial charge on any atom is 0.305 e. The second-order valence-electron chi connectivity index (χ2n) is 3.64. The molecule has 1 aliphatic carbocycles. The standard InChI is InChI=1S/C10H18O2/c1-3-8-5-4-6-9(8)7-10(11)12-2/h8-9H,3-7H2,1-2H3/t8-,9+/m0/s1. The molecule has 0 unspecified atom stereocenters. The van der Waals surface area contributed by atoms with Crippen molar-refractivity contribution in [3.05, 3.63) is 0 Å². The third-order valence-electron chi connectivity index (χ3n) is 3.00. The molecule has 2 nitrogen and oxygen atoms in total. The summed E-state index contributed by atoms with van der Waals surface area (Å²) in [6, 6.07) is 0. The highest BCUT2D eigenvalue weighted by atomic mass is 16.5. The summed E-state index contributed by atoms with van der Waals surface area (Å²) in [4.78, 5) is 11.0. The Bertz CT molecular complexity index is 154. The molecule has 1 rings (SSSR count). The molecular formula is C10H18O2. The lowest BCUT2D eigenvalue weighted by atomic mass is 9.91. The minimum absolute atomic E-state index is 0.0413. The second kappa shape index (κ2) is 4.48. The maximum absolute atomic E-state index is 11.0. The van der Waals surface area contributed by atoms with E-state index < -0.39 is 0 Å². The van der Waals surface area contributed by atoms with Crippen LogP contribution in [0.25, 0.3) is 0 Å². The summed E-state index contributed by atoms with van der Waals surface area (Å²) in [5.41, 5.74) is 0. The molecule has 1 fully saturated rings. The van der Waals surface area contributed by atoms with Gasteiger partial charge in [0.25, 0.3) is 0 Å². The number of carbonyl (C=O) groups is 1.